The van der Waals surface area contributed by atoms with Crippen molar-refractivity contribution in [1.29, 1.82) is 0 Å². The molecule has 122 valence electrons. The van der Waals surface area contributed by atoms with E-state index in [1.165, 1.54) is 42.8 Å². The fraction of sp³-hybridized carbons (Fsp3) is 0.714. The normalized spacial score (nSPS) is 33.4. The number of aryl methyl sites for hydroxylation is 1. The summed E-state index contributed by atoms with van der Waals surface area (Å²) in [5.41, 5.74) is 4.19. The summed E-state index contributed by atoms with van der Waals surface area (Å²) in [6, 6.07) is 10.9. The van der Waals surface area contributed by atoms with Gasteiger partial charge in [-0.3, -0.25) is 0 Å². The average molecular weight is 315 g/mol. The molecule has 0 radical (unpaired) electrons. The van der Waals surface area contributed by atoms with Gasteiger partial charge in [-0.2, -0.15) is 0 Å². The van der Waals surface area contributed by atoms with Gasteiger partial charge in [0.2, 0.25) is 0 Å². The Balaban J connectivity index is 1.47. The first-order valence-electron chi connectivity index (χ1n) is 9.82. The third-order valence-electron chi connectivity index (χ3n) is 6.58. The van der Waals surface area contributed by atoms with Crippen LogP contribution in [0.25, 0.3) is 0 Å². The van der Waals surface area contributed by atoms with Gasteiger partial charge in [-0.1, -0.05) is 74.0 Å². The summed E-state index contributed by atoms with van der Waals surface area (Å²) in [4.78, 5) is 0. The molecule has 0 bridgehead atoms. The molecule has 22 heavy (non-hydrogen) atoms. The molecular formula is C21H34Si. The molecule has 0 aromatic heterocycles. The maximum Gasteiger partial charge on any atom is 0.0229 e. The van der Waals surface area contributed by atoms with Crippen LogP contribution in [0.5, 0.6) is 0 Å². The van der Waals surface area contributed by atoms with Crippen molar-refractivity contribution in [3.05, 3.63) is 35.4 Å². The SMILES string of the molecule is CC[SiH2][C@H]1CC[C@H](C2CCC(c3ccc(C)cc3)CC2)CC1. The van der Waals surface area contributed by atoms with E-state index in [0.29, 0.717) is 0 Å². The highest BCUT2D eigenvalue weighted by Crippen LogP contribution is 2.44. The highest BCUT2D eigenvalue weighted by atomic mass is 28.2. The molecule has 2 saturated carbocycles. The van der Waals surface area contributed by atoms with E-state index >= 15 is 0 Å². The molecule has 1 heteroatoms. The zero-order chi connectivity index (χ0) is 15.4. The first kappa shape index (κ1) is 16.3. The first-order valence-corrected chi connectivity index (χ1v) is 11.6. The van der Waals surface area contributed by atoms with Crippen LogP contribution in [0, 0.1) is 18.8 Å². The molecule has 1 aromatic rings. The highest BCUT2D eigenvalue weighted by molar-refractivity contribution is 6.37. The summed E-state index contributed by atoms with van der Waals surface area (Å²) in [7, 11) is 0.278. The molecule has 3 rings (SSSR count). The van der Waals surface area contributed by atoms with Crippen LogP contribution in [-0.2, 0) is 0 Å². The Labute approximate surface area is 139 Å². The molecule has 0 amide bonds. The molecule has 0 nitrogen and oxygen atoms in total. The van der Waals surface area contributed by atoms with E-state index in [-0.39, 0.29) is 9.52 Å². The molecule has 2 aliphatic carbocycles. The standard InChI is InChI=1S/C21H34Si/c1-3-22-21-14-12-20(13-15-21)19-10-8-18(9-11-19)17-6-4-16(2)5-7-17/h4-7,18-21H,3,8-15,22H2,1-2H3/t18?,19?,20-,21-. The zero-order valence-corrected chi connectivity index (χ0v) is 16.1. The third kappa shape index (κ3) is 4.04. The van der Waals surface area contributed by atoms with E-state index in [1.54, 1.807) is 31.2 Å². The monoisotopic (exact) mass is 314 g/mol. The highest BCUT2D eigenvalue weighted by Gasteiger charge is 2.30. The van der Waals surface area contributed by atoms with Gasteiger partial charge in [0.15, 0.2) is 0 Å². The predicted octanol–water partition coefficient (Wildman–Crippen LogP) is 5.85. The van der Waals surface area contributed by atoms with E-state index in [0.717, 1.165) is 17.8 Å². The molecule has 0 atom stereocenters. The lowest BCUT2D eigenvalue weighted by Gasteiger charge is -2.38. The summed E-state index contributed by atoms with van der Waals surface area (Å²) in [5, 5.41) is 0. The van der Waals surface area contributed by atoms with Crippen molar-refractivity contribution < 1.29 is 0 Å². The summed E-state index contributed by atoms with van der Waals surface area (Å²) in [5.74, 6) is 2.99. The van der Waals surface area contributed by atoms with E-state index < -0.39 is 0 Å². The van der Waals surface area contributed by atoms with Gasteiger partial charge in [-0.05, 0) is 55.9 Å². The second kappa shape index (κ2) is 7.81. The maximum atomic E-state index is 2.41. The van der Waals surface area contributed by atoms with Crippen LogP contribution in [0.2, 0.25) is 11.6 Å². The Hall–Kier alpha value is -0.563. The Morgan fingerprint density at radius 1 is 0.818 bits per heavy atom. The number of benzene rings is 1. The molecule has 2 fully saturated rings. The van der Waals surface area contributed by atoms with Crippen molar-refractivity contribution in [2.24, 2.45) is 11.8 Å². The van der Waals surface area contributed by atoms with Crippen molar-refractivity contribution in [3.8, 4) is 0 Å². The fourth-order valence-electron chi connectivity index (χ4n) is 5.12. The summed E-state index contributed by atoms with van der Waals surface area (Å²) in [6.45, 7) is 4.60. The fourth-order valence-corrected chi connectivity index (χ4v) is 6.98. The summed E-state index contributed by atoms with van der Waals surface area (Å²) < 4.78 is 0. The predicted molar refractivity (Wildman–Crippen MR) is 101 cm³/mol. The lowest BCUT2D eigenvalue weighted by Crippen LogP contribution is -2.25. The topological polar surface area (TPSA) is 0 Å². The van der Waals surface area contributed by atoms with E-state index in [2.05, 4.69) is 38.1 Å². The van der Waals surface area contributed by atoms with Gasteiger partial charge in [0, 0.05) is 9.52 Å². The van der Waals surface area contributed by atoms with Gasteiger partial charge < -0.3 is 0 Å². The average Bonchev–Trinajstić information content (AvgIpc) is 2.57. The van der Waals surface area contributed by atoms with Crippen molar-refractivity contribution >= 4 is 9.52 Å². The molecule has 2 aliphatic rings. The molecule has 0 N–H and O–H groups in total. The molecule has 0 spiro atoms. The lowest BCUT2D eigenvalue weighted by molar-refractivity contribution is 0.186. The van der Waals surface area contributed by atoms with Crippen LogP contribution in [-0.4, -0.2) is 9.52 Å². The molecular weight excluding hydrogens is 280 g/mol. The van der Waals surface area contributed by atoms with Crippen molar-refractivity contribution in [3.63, 3.8) is 0 Å². The van der Waals surface area contributed by atoms with Crippen molar-refractivity contribution in [2.45, 2.75) is 82.7 Å². The Bertz CT molecular complexity index is 433. The number of hydrogen-bond donors (Lipinski definition) is 0. The molecule has 0 aliphatic heterocycles. The van der Waals surface area contributed by atoms with Crippen LogP contribution >= 0.6 is 0 Å². The molecule has 0 unspecified atom stereocenters. The van der Waals surface area contributed by atoms with E-state index in [1.807, 2.05) is 0 Å². The maximum absolute atomic E-state index is 2.41. The third-order valence-corrected chi connectivity index (χ3v) is 8.79. The van der Waals surface area contributed by atoms with Gasteiger partial charge >= 0.3 is 0 Å². The smallest absolute Gasteiger partial charge is 0.0229 e. The summed E-state index contributed by atoms with van der Waals surface area (Å²) in [6.07, 6.45) is 12.2. The van der Waals surface area contributed by atoms with Crippen molar-refractivity contribution in [1.82, 2.24) is 0 Å². The quantitative estimate of drug-likeness (QED) is 0.611. The molecule has 0 saturated heterocycles. The van der Waals surface area contributed by atoms with Gasteiger partial charge in [0.1, 0.15) is 0 Å². The zero-order valence-electron chi connectivity index (χ0n) is 14.7. The Morgan fingerprint density at radius 2 is 1.36 bits per heavy atom. The summed E-state index contributed by atoms with van der Waals surface area (Å²) >= 11 is 0. The van der Waals surface area contributed by atoms with Crippen LogP contribution in [0.3, 0.4) is 0 Å². The van der Waals surface area contributed by atoms with Gasteiger partial charge in [0.05, 0.1) is 0 Å². The molecule has 0 heterocycles. The minimum atomic E-state index is 0.278. The Morgan fingerprint density at radius 3 is 1.91 bits per heavy atom. The van der Waals surface area contributed by atoms with Crippen LogP contribution in [0.15, 0.2) is 24.3 Å². The van der Waals surface area contributed by atoms with E-state index in [4.69, 9.17) is 0 Å². The van der Waals surface area contributed by atoms with Gasteiger partial charge in [-0.15, -0.1) is 0 Å². The van der Waals surface area contributed by atoms with Crippen LogP contribution in [0.1, 0.15) is 75.3 Å². The lowest BCUT2D eigenvalue weighted by atomic mass is 9.70. The minimum absolute atomic E-state index is 0.278. The van der Waals surface area contributed by atoms with Gasteiger partial charge in [0.25, 0.3) is 0 Å². The minimum Gasteiger partial charge on any atom is -0.0683 e. The van der Waals surface area contributed by atoms with Crippen LogP contribution < -0.4 is 0 Å². The second-order valence-corrected chi connectivity index (χ2v) is 10.8. The van der Waals surface area contributed by atoms with Crippen molar-refractivity contribution in [2.75, 3.05) is 0 Å². The second-order valence-electron chi connectivity index (χ2n) is 8.09. The first-order chi connectivity index (χ1) is 10.8. The molecule has 1 aromatic carbocycles. The largest absolute Gasteiger partial charge is 0.0683 e. The van der Waals surface area contributed by atoms with Gasteiger partial charge in [-0.25, -0.2) is 0 Å². The Kier molecular flexibility index (Phi) is 5.79. The number of rotatable bonds is 4. The number of hydrogen-bond acceptors (Lipinski definition) is 0. The van der Waals surface area contributed by atoms with E-state index in [9.17, 15) is 0 Å². The van der Waals surface area contributed by atoms with Crippen LogP contribution in [0.4, 0.5) is 0 Å².